The van der Waals surface area contributed by atoms with E-state index in [4.69, 9.17) is 0 Å². The normalized spacial score (nSPS) is 19.7. The smallest absolute Gasteiger partial charge is 0.151 e. The number of aromatic nitrogens is 4. The molecule has 1 aliphatic heterocycles. The maximum Gasteiger partial charge on any atom is 0.151 e. The number of hydrogen-bond acceptors (Lipinski definition) is 4. The van der Waals surface area contributed by atoms with Crippen molar-refractivity contribution in [1.82, 2.24) is 20.4 Å². The summed E-state index contributed by atoms with van der Waals surface area (Å²) in [6.07, 6.45) is 4.21. The molecule has 1 aliphatic rings. The molecule has 1 N–H and O–H groups in total. The second kappa shape index (κ2) is 4.99. The summed E-state index contributed by atoms with van der Waals surface area (Å²) in [5, 5.41) is 15.7. The van der Waals surface area contributed by atoms with Gasteiger partial charge in [-0.3, -0.25) is 5.10 Å². The second-order valence-corrected chi connectivity index (χ2v) is 5.27. The van der Waals surface area contributed by atoms with Gasteiger partial charge in [-0.2, -0.15) is 10.2 Å². The number of nitrogens with one attached hydrogen (secondary N) is 1. The molecule has 0 spiro atoms. The summed E-state index contributed by atoms with van der Waals surface area (Å²) in [7, 11) is 0. The highest BCUT2D eigenvalue weighted by atomic mass is 15.3. The maximum atomic E-state index is 4.33. The van der Waals surface area contributed by atoms with Crippen molar-refractivity contribution in [2.45, 2.75) is 32.6 Å². The van der Waals surface area contributed by atoms with Gasteiger partial charge in [0.15, 0.2) is 5.82 Å². The Kier molecular flexibility index (Phi) is 3.19. The molecule has 0 bridgehead atoms. The van der Waals surface area contributed by atoms with E-state index < -0.39 is 0 Å². The zero-order valence-electron chi connectivity index (χ0n) is 11.4. The Labute approximate surface area is 113 Å². The van der Waals surface area contributed by atoms with Gasteiger partial charge in [-0.1, -0.05) is 0 Å². The van der Waals surface area contributed by atoms with Crippen LogP contribution in [0.3, 0.4) is 0 Å². The fourth-order valence-corrected chi connectivity index (χ4v) is 2.62. The van der Waals surface area contributed by atoms with E-state index in [1.54, 1.807) is 0 Å². The number of H-pyrrole nitrogens is 1. The van der Waals surface area contributed by atoms with E-state index in [9.17, 15) is 0 Å². The molecule has 1 atom stereocenters. The average molecular weight is 257 g/mol. The van der Waals surface area contributed by atoms with Gasteiger partial charge in [0.1, 0.15) is 0 Å². The molecule has 0 amide bonds. The minimum absolute atomic E-state index is 0.514. The molecule has 2 aromatic heterocycles. The molecule has 1 saturated heterocycles. The predicted octanol–water partition coefficient (Wildman–Crippen LogP) is 2.20. The van der Waals surface area contributed by atoms with Gasteiger partial charge in [-0.05, 0) is 44.4 Å². The lowest BCUT2D eigenvalue weighted by molar-refractivity contribution is 0.496. The van der Waals surface area contributed by atoms with Crippen LogP contribution in [0.25, 0.3) is 0 Å². The molecule has 1 unspecified atom stereocenters. The van der Waals surface area contributed by atoms with Gasteiger partial charge in [0.25, 0.3) is 0 Å². The van der Waals surface area contributed by atoms with Gasteiger partial charge in [-0.15, -0.1) is 5.10 Å². The van der Waals surface area contributed by atoms with Crippen molar-refractivity contribution < 1.29 is 0 Å². The number of hydrogen-bond donors (Lipinski definition) is 1. The van der Waals surface area contributed by atoms with E-state index >= 15 is 0 Å². The number of rotatable bonds is 2. The standard InChI is InChI=1S/C14H19N5/c1-10-8-14(18-16-11(10)2)19-7-3-4-12(9-19)13-5-6-15-17-13/h5-6,8,12H,3-4,7,9H2,1-2H3,(H,15,17). The summed E-state index contributed by atoms with van der Waals surface area (Å²) < 4.78 is 0. The van der Waals surface area contributed by atoms with Crippen molar-refractivity contribution in [1.29, 1.82) is 0 Å². The number of aryl methyl sites for hydroxylation is 2. The lowest BCUT2D eigenvalue weighted by atomic mass is 9.95. The van der Waals surface area contributed by atoms with Crippen LogP contribution in [-0.2, 0) is 0 Å². The quantitative estimate of drug-likeness (QED) is 0.896. The Bertz CT molecular complexity index is 549. The highest BCUT2D eigenvalue weighted by Gasteiger charge is 2.23. The highest BCUT2D eigenvalue weighted by Crippen LogP contribution is 2.28. The molecule has 1 fully saturated rings. The van der Waals surface area contributed by atoms with Gasteiger partial charge in [-0.25, -0.2) is 0 Å². The third-order valence-corrected chi connectivity index (χ3v) is 3.93. The molecule has 3 rings (SSSR count). The SMILES string of the molecule is Cc1cc(N2CCCC(c3ccn[nH]3)C2)nnc1C. The second-order valence-electron chi connectivity index (χ2n) is 5.27. The molecule has 0 aromatic carbocycles. The third-order valence-electron chi connectivity index (χ3n) is 3.93. The summed E-state index contributed by atoms with van der Waals surface area (Å²) >= 11 is 0. The fourth-order valence-electron chi connectivity index (χ4n) is 2.62. The molecule has 19 heavy (non-hydrogen) atoms. The van der Waals surface area contributed by atoms with Crippen molar-refractivity contribution in [2.75, 3.05) is 18.0 Å². The van der Waals surface area contributed by atoms with Crippen LogP contribution in [0.2, 0.25) is 0 Å². The Morgan fingerprint density at radius 2 is 2.21 bits per heavy atom. The van der Waals surface area contributed by atoms with E-state index in [-0.39, 0.29) is 0 Å². The largest absolute Gasteiger partial charge is 0.354 e. The number of anilines is 1. The molecule has 0 saturated carbocycles. The number of nitrogens with zero attached hydrogens (tertiary/aromatic N) is 4. The zero-order chi connectivity index (χ0) is 13.2. The zero-order valence-corrected chi connectivity index (χ0v) is 11.4. The van der Waals surface area contributed by atoms with Crippen molar-refractivity contribution in [2.24, 2.45) is 0 Å². The Balaban J connectivity index is 1.79. The fraction of sp³-hybridized carbons (Fsp3) is 0.500. The first-order valence-corrected chi connectivity index (χ1v) is 6.79. The van der Waals surface area contributed by atoms with Crippen LogP contribution in [-0.4, -0.2) is 33.5 Å². The molecule has 0 aliphatic carbocycles. The van der Waals surface area contributed by atoms with Crippen molar-refractivity contribution in [3.8, 4) is 0 Å². The summed E-state index contributed by atoms with van der Waals surface area (Å²) in [6, 6.07) is 4.21. The van der Waals surface area contributed by atoms with Crippen LogP contribution in [0.15, 0.2) is 18.3 Å². The van der Waals surface area contributed by atoms with Gasteiger partial charge in [0.2, 0.25) is 0 Å². The predicted molar refractivity (Wildman–Crippen MR) is 74.3 cm³/mol. The monoisotopic (exact) mass is 257 g/mol. The van der Waals surface area contributed by atoms with E-state index in [2.05, 4.69) is 44.4 Å². The molecule has 5 heteroatoms. The molecule has 5 nitrogen and oxygen atoms in total. The summed E-state index contributed by atoms with van der Waals surface area (Å²) in [6.45, 7) is 6.13. The summed E-state index contributed by atoms with van der Waals surface area (Å²) in [5.41, 5.74) is 3.43. The lowest BCUT2D eigenvalue weighted by Gasteiger charge is -2.32. The Hall–Kier alpha value is -1.91. The van der Waals surface area contributed by atoms with E-state index in [1.807, 2.05) is 13.1 Å². The molecule has 2 aromatic rings. The molecule has 3 heterocycles. The van der Waals surface area contributed by atoms with E-state index in [0.29, 0.717) is 5.92 Å². The van der Waals surface area contributed by atoms with Gasteiger partial charge in [0.05, 0.1) is 5.69 Å². The minimum Gasteiger partial charge on any atom is -0.354 e. The third kappa shape index (κ3) is 2.45. The number of piperidine rings is 1. The van der Waals surface area contributed by atoms with Crippen LogP contribution < -0.4 is 4.90 Å². The summed E-state index contributed by atoms with van der Waals surface area (Å²) in [5.74, 6) is 1.51. The first-order chi connectivity index (χ1) is 9.24. The Morgan fingerprint density at radius 1 is 1.32 bits per heavy atom. The molecular weight excluding hydrogens is 238 g/mol. The van der Waals surface area contributed by atoms with Gasteiger partial charge >= 0.3 is 0 Å². The lowest BCUT2D eigenvalue weighted by Crippen LogP contribution is -2.35. The number of aromatic amines is 1. The van der Waals surface area contributed by atoms with Crippen molar-refractivity contribution in [3.05, 3.63) is 35.3 Å². The minimum atomic E-state index is 0.514. The van der Waals surface area contributed by atoms with Crippen LogP contribution >= 0.6 is 0 Å². The topological polar surface area (TPSA) is 57.7 Å². The van der Waals surface area contributed by atoms with Crippen LogP contribution in [0.4, 0.5) is 5.82 Å². The maximum absolute atomic E-state index is 4.33. The van der Waals surface area contributed by atoms with E-state index in [1.165, 1.54) is 24.1 Å². The van der Waals surface area contributed by atoms with Gasteiger partial charge < -0.3 is 4.90 Å². The van der Waals surface area contributed by atoms with Crippen LogP contribution in [0.1, 0.15) is 35.7 Å². The van der Waals surface area contributed by atoms with E-state index in [0.717, 1.165) is 24.6 Å². The van der Waals surface area contributed by atoms with Gasteiger partial charge in [0, 0.05) is 30.9 Å². The average Bonchev–Trinajstić information content (AvgIpc) is 2.96. The first-order valence-electron chi connectivity index (χ1n) is 6.79. The van der Waals surface area contributed by atoms with Crippen LogP contribution in [0.5, 0.6) is 0 Å². The van der Waals surface area contributed by atoms with Crippen molar-refractivity contribution in [3.63, 3.8) is 0 Å². The molecular formula is C14H19N5. The molecule has 0 radical (unpaired) electrons. The highest BCUT2D eigenvalue weighted by molar-refractivity contribution is 5.42. The first kappa shape index (κ1) is 12.1. The summed E-state index contributed by atoms with van der Waals surface area (Å²) in [4.78, 5) is 2.33. The van der Waals surface area contributed by atoms with Crippen molar-refractivity contribution >= 4 is 5.82 Å². The van der Waals surface area contributed by atoms with Crippen LogP contribution in [0, 0.1) is 13.8 Å². The molecule has 100 valence electrons. The Morgan fingerprint density at radius 3 is 2.95 bits per heavy atom.